The maximum absolute atomic E-state index is 13.9. The van der Waals surface area contributed by atoms with Crippen LogP contribution < -0.4 is 5.73 Å². The lowest BCUT2D eigenvalue weighted by atomic mass is 10.0. The molecule has 1 aliphatic heterocycles. The Labute approximate surface area is 110 Å². The zero-order valence-corrected chi connectivity index (χ0v) is 10.6. The van der Waals surface area contributed by atoms with Gasteiger partial charge in [-0.25, -0.2) is 13.2 Å². The first-order valence-electron chi connectivity index (χ1n) is 6.75. The van der Waals surface area contributed by atoms with Gasteiger partial charge < -0.3 is 5.73 Å². The van der Waals surface area contributed by atoms with Crippen LogP contribution in [-0.2, 0) is 6.54 Å². The van der Waals surface area contributed by atoms with Crippen LogP contribution in [-0.4, -0.2) is 17.5 Å². The van der Waals surface area contributed by atoms with E-state index in [-0.39, 0.29) is 11.6 Å². The van der Waals surface area contributed by atoms with Crippen LogP contribution in [0.1, 0.15) is 42.9 Å². The zero-order chi connectivity index (χ0) is 13.6. The van der Waals surface area contributed by atoms with Gasteiger partial charge in [0.15, 0.2) is 17.5 Å². The monoisotopic (exact) mass is 270 g/mol. The van der Waals surface area contributed by atoms with Crippen LogP contribution in [0, 0.1) is 17.5 Å². The minimum Gasteiger partial charge on any atom is -0.329 e. The van der Waals surface area contributed by atoms with Crippen LogP contribution in [0.5, 0.6) is 0 Å². The Bertz CT molecular complexity index is 498. The quantitative estimate of drug-likeness (QED) is 0.837. The zero-order valence-electron chi connectivity index (χ0n) is 10.6. The summed E-state index contributed by atoms with van der Waals surface area (Å²) in [6, 6.07) is 1.27. The summed E-state index contributed by atoms with van der Waals surface area (Å²) in [7, 11) is 0. The second kappa shape index (κ2) is 4.80. The summed E-state index contributed by atoms with van der Waals surface area (Å²) in [6.45, 7) is 0.638. The summed E-state index contributed by atoms with van der Waals surface area (Å²) in [4.78, 5) is 2.11. The first-order chi connectivity index (χ1) is 9.13. The molecule has 1 atom stereocenters. The molecule has 1 aromatic rings. The third kappa shape index (κ3) is 1.96. The van der Waals surface area contributed by atoms with Crippen LogP contribution in [0.2, 0.25) is 0 Å². The molecular formula is C14H17F3N2. The molecule has 0 aromatic heterocycles. The Hall–Kier alpha value is -1.07. The van der Waals surface area contributed by atoms with Crippen molar-refractivity contribution in [1.82, 2.24) is 4.90 Å². The highest BCUT2D eigenvalue weighted by atomic mass is 19.2. The number of hydrogen-bond donors (Lipinski definition) is 1. The van der Waals surface area contributed by atoms with Crippen LogP contribution in [0.25, 0.3) is 0 Å². The Balaban J connectivity index is 2.00. The molecule has 19 heavy (non-hydrogen) atoms. The molecule has 2 aliphatic rings. The minimum absolute atomic E-state index is 0.192. The van der Waals surface area contributed by atoms with Crippen LogP contribution >= 0.6 is 0 Å². The third-order valence-corrected chi connectivity index (χ3v) is 4.42. The van der Waals surface area contributed by atoms with Crippen molar-refractivity contribution in [3.05, 3.63) is 34.6 Å². The molecular weight excluding hydrogens is 253 g/mol. The Morgan fingerprint density at radius 1 is 1.16 bits per heavy atom. The Morgan fingerprint density at radius 3 is 2.47 bits per heavy atom. The largest absolute Gasteiger partial charge is 0.329 e. The molecule has 1 heterocycles. The molecule has 1 aliphatic carbocycles. The topological polar surface area (TPSA) is 29.3 Å². The molecule has 2 nitrogen and oxygen atoms in total. The molecule has 2 N–H and O–H groups in total. The van der Waals surface area contributed by atoms with Gasteiger partial charge in [0, 0.05) is 30.7 Å². The maximum atomic E-state index is 13.9. The van der Waals surface area contributed by atoms with E-state index in [2.05, 4.69) is 4.90 Å². The Morgan fingerprint density at radius 2 is 1.84 bits per heavy atom. The average molecular weight is 270 g/mol. The molecule has 5 heteroatoms. The van der Waals surface area contributed by atoms with Crippen LogP contribution in [0.4, 0.5) is 13.2 Å². The van der Waals surface area contributed by atoms with E-state index in [1.54, 1.807) is 0 Å². The number of nitrogens with two attached hydrogens (primary N) is 1. The number of rotatable bonds is 2. The lowest BCUT2D eigenvalue weighted by Crippen LogP contribution is -2.35. The van der Waals surface area contributed by atoms with Crippen molar-refractivity contribution in [3.8, 4) is 0 Å². The highest BCUT2D eigenvalue weighted by Crippen LogP contribution is 2.40. The molecule has 1 unspecified atom stereocenters. The first-order valence-corrected chi connectivity index (χ1v) is 6.75. The maximum Gasteiger partial charge on any atom is 0.194 e. The number of halogens is 3. The van der Waals surface area contributed by atoms with E-state index in [9.17, 15) is 13.2 Å². The van der Waals surface area contributed by atoms with E-state index in [0.29, 0.717) is 24.7 Å². The predicted molar refractivity (Wildman–Crippen MR) is 65.9 cm³/mol. The van der Waals surface area contributed by atoms with Gasteiger partial charge in [-0.3, -0.25) is 4.90 Å². The molecule has 0 saturated heterocycles. The molecule has 0 bridgehead atoms. The standard InChI is InChI=1S/C14H17F3N2/c15-11-5-9-10(13(16)14(11)17)7-19(12(9)6-18)8-3-1-2-4-8/h5,8,12H,1-4,6-7,18H2. The van der Waals surface area contributed by atoms with Crippen molar-refractivity contribution in [2.24, 2.45) is 5.73 Å². The summed E-state index contributed by atoms with van der Waals surface area (Å²) in [5.41, 5.74) is 6.56. The highest BCUT2D eigenvalue weighted by molar-refractivity contribution is 5.37. The fourth-order valence-corrected chi connectivity index (χ4v) is 3.46. The van der Waals surface area contributed by atoms with E-state index in [4.69, 9.17) is 5.73 Å². The van der Waals surface area contributed by atoms with E-state index < -0.39 is 17.5 Å². The lowest BCUT2D eigenvalue weighted by molar-refractivity contribution is 0.151. The fraction of sp³-hybridized carbons (Fsp3) is 0.571. The van der Waals surface area contributed by atoms with E-state index in [0.717, 1.165) is 31.7 Å². The van der Waals surface area contributed by atoms with Crippen LogP contribution in [0.3, 0.4) is 0 Å². The average Bonchev–Trinajstić information content (AvgIpc) is 3.02. The van der Waals surface area contributed by atoms with Crippen molar-refractivity contribution in [2.45, 2.75) is 44.3 Å². The molecule has 0 spiro atoms. The summed E-state index contributed by atoms with van der Waals surface area (Å²) in [6.07, 6.45) is 4.41. The molecule has 3 rings (SSSR count). The van der Waals surface area contributed by atoms with Crippen molar-refractivity contribution >= 4 is 0 Å². The van der Waals surface area contributed by atoms with Gasteiger partial charge >= 0.3 is 0 Å². The molecule has 104 valence electrons. The smallest absolute Gasteiger partial charge is 0.194 e. The second-order valence-corrected chi connectivity index (χ2v) is 5.42. The predicted octanol–water partition coefficient (Wildman–Crippen LogP) is 2.86. The van der Waals surface area contributed by atoms with Gasteiger partial charge in [0.25, 0.3) is 0 Å². The van der Waals surface area contributed by atoms with Gasteiger partial charge in [-0.1, -0.05) is 12.8 Å². The number of fused-ring (bicyclic) bond motifs is 1. The molecule has 1 saturated carbocycles. The SMILES string of the molecule is NCC1c2cc(F)c(F)c(F)c2CN1C1CCCC1. The summed E-state index contributed by atoms with van der Waals surface area (Å²) >= 11 is 0. The molecule has 0 radical (unpaired) electrons. The number of hydrogen-bond acceptors (Lipinski definition) is 2. The van der Waals surface area contributed by atoms with Gasteiger partial charge in [-0.15, -0.1) is 0 Å². The van der Waals surface area contributed by atoms with Crippen molar-refractivity contribution in [1.29, 1.82) is 0 Å². The Kier molecular flexibility index (Phi) is 3.27. The third-order valence-electron chi connectivity index (χ3n) is 4.42. The summed E-state index contributed by atoms with van der Waals surface area (Å²) < 4.78 is 40.5. The highest BCUT2D eigenvalue weighted by Gasteiger charge is 2.38. The molecule has 0 amide bonds. The van der Waals surface area contributed by atoms with Crippen molar-refractivity contribution < 1.29 is 13.2 Å². The van der Waals surface area contributed by atoms with E-state index in [1.807, 2.05) is 0 Å². The van der Waals surface area contributed by atoms with E-state index in [1.165, 1.54) is 0 Å². The van der Waals surface area contributed by atoms with Gasteiger partial charge in [-0.05, 0) is 24.5 Å². The van der Waals surface area contributed by atoms with Crippen LogP contribution in [0.15, 0.2) is 6.07 Å². The second-order valence-electron chi connectivity index (χ2n) is 5.42. The molecule has 1 fully saturated rings. The minimum atomic E-state index is -1.37. The summed E-state index contributed by atoms with van der Waals surface area (Å²) in [5.74, 6) is -3.54. The van der Waals surface area contributed by atoms with E-state index >= 15 is 0 Å². The van der Waals surface area contributed by atoms with Crippen molar-refractivity contribution in [3.63, 3.8) is 0 Å². The number of nitrogens with zero attached hydrogens (tertiary/aromatic N) is 1. The number of benzene rings is 1. The normalized spacial score (nSPS) is 24.1. The van der Waals surface area contributed by atoms with Gasteiger partial charge in [0.2, 0.25) is 0 Å². The lowest BCUT2D eigenvalue weighted by Gasteiger charge is -2.29. The molecule has 1 aromatic carbocycles. The van der Waals surface area contributed by atoms with Crippen molar-refractivity contribution in [2.75, 3.05) is 6.54 Å². The summed E-state index contributed by atoms with van der Waals surface area (Å²) in [5, 5.41) is 0. The van der Waals surface area contributed by atoms with Gasteiger partial charge in [0.1, 0.15) is 0 Å². The fourth-order valence-electron chi connectivity index (χ4n) is 3.46. The van der Waals surface area contributed by atoms with Gasteiger partial charge in [0.05, 0.1) is 0 Å². The van der Waals surface area contributed by atoms with Gasteiger partial charge in [-0.2, -0.15) is 0 Å². The first kappa shape index (κ1) is 12.9.